The maximum absolute atomic E-state index is 12.2. The number of phenolic OH excluding ortho intramolecular Hbond substituents is 2. The summed E-state index contributed by atoms with van der Waals surface area (Å²) in [6, 6.07) is 7.32. The van der Waals surface area contributed by atoms with Crippen LogP contribution in [0.1, 0.15) is 28.4 Å². The molecule has 21 heavy (non-hydrogen) atoms. The predicted octanol–water partition coefficient (Wildman–Crippen LogP) is 4.11. The monoisotopic (exact) mass is 324 g/mol. The first kappa shape index (κ1) is 14.0. The van der Waals surface area contributed by atoms with E-state index >= 15 is 0 Å². The summed E-state index contributed by atoms with van der Waals surface area (Å²) in [5.74, 6) is -0.596. The van der Waals surface area contributed by atoms with E-state index in [1.807, 2.05) is 0 Å². The standard InChI is InChI=1S/C15H10Cl2O4/c16-8-1-7(2-9(17)3-8)13-6-12(20)15-11(19)4-10(18)5-14(15)21-13/h1-5,13,18-19H,6H2. The van der Waals surface area contributed by atoms with Crippen LogP contribution in [-0.4, -0.2) is 16.0 Å². The molecule has 2 N–H and O–H groups in total. The molecule has 0 saturated heterocycles. The van der Waals surface area contributed by atoms with Crippen molar-refractivity contribution in [1.29, 1.82) is 0 Å². The number of ether oxygens (including phenoxy) is 1. The van der Waals surface area contributed by atoms with Crippen molar-refractivity contribution in [2.45, 2.75) is 12.5 Å². The molecule has 1 atom stereocenters. The van der Waals surface area contributed by atoms with Gasteiger partial charge < -0.3 is 14.9 Å². The molecule has 0 fully saturated rings. The van der Waals surface area contributed by atoms with E-state index in [2.05, 4.69) is 0 Å². The Kier molecular flexibility index (Phi) is 3.43. The molecule has 4 nitrogen and oxygen atoms in total. The molecule has 0 bridgehead atoms. The van der Waals surface area contributed by atoms with E-state index in [0.717, 1.165) is 6.07 Å². The van der Waals surface area contributed by atoms with Gasteiger partial charge in [-0.05, 0) is 23.8 Å². The average molecular weight is 325 g/mol. The summed E-state index contributed by atoms with van der Waals surface area (Å²) in [5.41, 5.74) is 0.742. The number of halogens is 2. The summed E-state index contributed by atoms with van der Waals surface area (Å²) in [6.45, 7) is 0. The topological polar surface area (TPSA) is 66.8 Å². The van der Waals surface area contributed by atoms with E-state index in [1.54, 1.807) is 18.2 Å². The average Bonchev–Trinajstić information content (AvgIpc) is 2.35. The van der Waals surface area contributed by atoms with Crippen molar-refractivity contribution in [3.63, 3.8) is 0 Å². The number of hydrogen-bond acceptors (Lipinski definition) is 4. The first-order chi connectivity index (χ1) is 9.94. The Labute approximate surface area is 130 Å². The molecule has 6 heteroatoms. The van der Waals surface area contributed by atoms with E-state index in [1.165, 1.54) is 6.07 Å². The Balaban J connectivity index is 2.04. The van der Waals surface area contributed by atoms with E-state index in [4.69, 9.17) is 27.9 Å². The Morgan fingerprint density at radius 1 is 1.05 bits per heavy atom. The summed E-state index contributed by atoms with van der Waals surface area (Å²) < 4.78 is 5.70. The van der Waals surface area contributed by atoms with Crippen LogP contribution in [0.15, 0.2) is 30.3 Å². The number of aromatic hydroxyl groups is 2. The number of ketones is 1. The van der Waals surface area contributed by atoms with Crippen molar-refractivity contribution in [2.24, 2.45) is 0 Å². The normalized spacial score (nSPS) is 17.2. The van der Waals surface area contributed by atoms with Gasteiger partial charge in [-0.2, -0.15) is 0 Å². The number of carbonyl (C=O) groups is 1. The second-order valence-corrected chi connectivity index (χ2v) is 5.65. The number of benzene rings is 2. The SMILES string of the molecule is O=C1CC(c2cc(Cl)cc(Cl)c2)Oc2cc(O)cc(O)c21. The van der Waals surface area contributed by atoms with Crippen LogP contribution >= 0.6 is 23.2 Å². The van der Waals surface area contributed by atoms with Crippen LogP contribution in [0.4, 0.5) is 0 Å². The van der Waals surface area contributed by atoms with Crippen LogP contribution in [-0.2, 0) is 0 Å². The Morgan fingerprint density at radius 2 is 1.71 bits per heavy atom. The maximum atomic E-state index is 12.2. The first-order valence-electron chi connectivity index (χ1n) is 6.16. The van der Waals surface area contributed by atoms with Gasteiger partial charge in [0.2, 0.25) is 0 Å². The number of hydrogen-bond donors (Lipinski definition) is 2. The lowest BCUT2D eigenvalue weighted by molar-refractivity contribution is 0.0845. The third-order valence-electron chi connectivity index (χ3n) is 3.24. The number of phenols is 2. The highest BCUT2D eigenvalue weighted by Crippen LogP contribution is 2.42. The Morgan fingerprint density at radius 3 is 2.38 bits per heavy atom. The lowest BCUT2D eigenvalue weighted by atomic mass is 9.95. The van der Waals surface area contributed by atoms with Crippen LogP contribution in [0.3, 0.4) is 0 Å². The van der Waals surface area contributed by atoms with E-state index in [0.29, 0.717) is 15.6 Å². The molecule has 0 aromatic heterocycles. The molecule has 2 aromatic rings. The van der Waals surface area contributed by atoms with Gasteiger partial charge in [-0.25, -0.2) is 0 Å². The Hall–Kier alpha value is -1.91. The van der Waals surface area contributed by atoms with Gasteiger partial charge in [0, 0.05) is 22.2 Å². The van der Waals surface area contributed by atoms with Gasteiger partial charge in [-0.15, -0.1) is 0 Å². The quantitative estimate of drug-likeness (QED) is 0.828. The van der Waals surface area contributed by atoms with Gasteiger partial charge in [-0.3, -0.25) is 4.79 Å². The van der Waals surface area contributed by atoms with E-state index in [9.17, 15) is 15.0 Å². The lowest BCUT2D eigenvalue weighted by Crippen LogP contribution is -2.20. The van der Waals surface area contributed by atoms with Crippen LogP contribution in [0.2, 0.25) is 10.0 Å². The van der Waals surface area contributed by atoms with Gasteiger partial charge in [-0.1, -0.05) is 23.2 Å². The molecule has 1 aliphatic rings. The van der Waals surface area contributed by atoms with Crippen molar-refractivity contribution in [3.05, 3.63) is 51.5 Å². The molecular formula is C15H10Cl2O4. The maximum Gasteiger partial charge on any atom is 0.174 e. The van der Waals surface area contributed by atoms with Crippen molar-refractivity contribution < 1.29 is 19.7 Å². The summed E-state index contributed by atoms with van der Waals surface area (Å²) in [7, 11) is 0. The van der Waals surface area contributed by atoms with Crippen LogP contribution in [0.25, 0.3) is 0 Å². The molecule has 2 aromatic carbocycles. The largest absolute Gasteiger partial charge is 0.508 e. The molecule has 0 amide bonds. The predicted molar refractivity (Wildman–Crippen MR) is 78.6 cm³/mol. The van der Waals surface area contributed by atoms with Crippen molar-refractivity contribution in [2.75, 3.05) is 0 Å². The molecule has 108 valence electrons. The minimum absolute atomic E-state index is 0.0575. The van der Waals surface area contributed by atoms with Gasteiger partial charge >= 0.3 is 0 Å². The first-order valence-corrected chi connectivity index (χ1v) is 6.91. The third-order valence-corrected chi connectivity index (χ3v) is 3.68. The summed E-state index contributed by atoms with van der Waals surface area (Å²) in [6.07, 6.45) is -0.510. The fourth-order valence-corrected chi connectivity index (χ4v) is 2.92. The number of carbonyl (C=O) groups excluding carboxylic acids is 1. The van der Waals surface area contributed by atoms with Crippen molar-refractivity contribution in [1.82, 2.24) is 0 Å². The third kappa shape index (κ3) is 2.64. The van der Waals surface area contributed by atoms with Crippen LogP contribution in [0, 0.1) is 0 Å². The van der Waals surface area contributed by atoms with Crippen LogP contribution in [0.5, 0.6) is 17.2 Å². The minimum atomic E-state index is -0.567. The van der Waals surface area contributed by atoms with E-state index in [-0.39, 0.29) is 35.0 Å². The fourth-order valence-electron chi connectivity index (χ4n) is 2.37. The zero-order chi connectivity index (χ0) is 15.1. The molecule has 0 radical (unpaired) electrons. The smallest absolute Gasteiger partial charge is 0.174 e. The second kappa shape index (κ2) is 5.13. The van der Waals surface area contributed by atoms with Gasteiger partial charge in [0.1, 0.15) is 28.9 Å². The van der Waals surface area contributed by atoms with Crippen molar-refractivity contribution >= 4 is 29.0 Å². The number of Topliss-reactive ketones (excluding diaryl/α,β-unsaturated/α-hetero) is 1. The second-order valence-electron chi connectivity index (χ2n) is 4.77. The summed E-state index contributed by atoms with van der Waals surface area (Å²) >= 11 is 11.9. The molecule has 0 saturated carbocycles. The summed E-state index contributed by atoms with van der Waals surface area (Å²) in [4.78, 5) is 12.2. The van der Waals surface area contributed by atoms with Gasteiger partial charge in [0.15, 0.2) is 5.78 Å². The molecule has 0 spiro atoms. The highest BCUT2D eigenvalue weighted by atomic mass is 35.5. The number of fused-ring (bicyclic) bond motifs is 1. The highest BCUT2D eigenvalue weighted by molar-refractivity contribution is 6.34. The minimum Gasteiger partial charge on any atom is -0.508 e. The van der Waals surface area contributed by atoms with Gasteiger partial charge in [0.05, 0.1) is 6.42 Å². The van der Waals surface area contributed by atoms with E-state index < -0.39 is 6.10 Å². The molecule has 1 unspecified atom stereocenters. The molecule has 1 heterocycles. The summed E-state index contributed by atoms with van der Waals surface area (Å²) in [5, 5.41) is 20.1. The zero-order valence-corrected chi connectivity index (χ0v) is 12.1. The lowest BCUT2D eigenvalue weighted by Gasteiger charge is -2.26. The molecule has 1 aliphatic heterocycles. The Bertz CT molecular complexity index is 722. The molecule has 3 rings (SSSR count). The van der Waals surface area contributed by atoms with Crippen LogP contribution < -0.4 is 4.74 Å². The molecular weight excluding hydrogens is 315 g/mol. The fraction of sp³-hybridized carbons (Fsp3) is 0.133. The van der Waals surface area contributed by atoms with Gasteiger partial charge in [0.25, 0.3) is 0 Å². The van der Waals surface area contributed by atoms with Crippen molar-refractivity contribution in [3.8, 4) is 17.2 Å². The molecule has 0 aliphatic carbocycles. The zero-order valence-electron chi connectivity index (χ0n) is 10.6. The highest BCUT2D eigenvalue weighted by Gasteiger charge is 2.31. The number of rotatable bonds is 1.